The van der Waals surface area contributed by atoms with Crippen molar-refractivity contribution < 1.29 is 14.3 Å². The van der Waals surface area contributed by atoms with Gasteiger partial charge in [0.2, 0.25) is 0 Å². The fourth-order valence-corrected chi connectivity index (χ4v) is 4.47. The van der Waals surface area contributed by atoms with Crippen LogP contribution in [-0.4, -0.2) is 75.2 Å². The molecule has 0 spiro atoms. The Morgan fingerprint density at radius 3 is 2.55 bits per heavy atom. The van der Waals surface area contributed by atoms with Gasteiger partial charge < -0.3 is 19.7 Å². The van der Waals surface area contributed by atoms with Crippen LogP contribution in [0.4, 0.5) is 0 Å². The van der Waals surface area contributed by atoms with Gasteiger partial charge >= 0.3 is 5.97 Å². The maximum Gasteiger partial charge on any atom is 0.309 e. The summed E-state index contributed by atoms with van der Waals surface area (Å²) in [6.45, 7) is 6.97. The van der Waals surface area contributed by atoms with E-state index in [1.165, 1.54) is 18.4 Å². The molecule has 1 aromatic carbocycles. The molecular weight excluding hydrogens is 507 g/mol. The molecule has 0 saturated carbocycles. The number of esters is 1. The molecule has 0 bridgehead atoms. The zero-order chi connectivity index (χ0) is 21.3. The topological polar surface area (TPSA) is 66.4 Å². The molecule has 3 rings (SSSR count). The molecule has 0 aliphatic carbocycles. The van der Waals surface area contributed by atoms with Crippen LogP contribution in [0.1, 0.15) is 44.2 Å². The summed E-state index contributed by atoms with van der Waals surface area (Å²) in [5, 5.41) is 3.60. The van der Waals surface area contributed by atoms with Crippen molar-refractivity contribution in [3.05, 3.63) is 29.8 Å². The lowest BCUT2D eigenvalue weighted by molar-refractivity contribution is -0.149. The summed E-state index contributed by atoms with van der Waals surface area (Å²) in [5.74, 6) is 1.74. The van der Waals surface area contributed by atoms with Crippen molar-refractivity contribution in [3.8, 4) is 5.75 Å². The van der Waals surface area contributed by atoms with Crippen molar-refractivity contribution in [2.75, 3.05) is 53.5 Å². The van der Waals surface area contributed by atoms with Gasteiger partial charge in [0.25, 0.3) is 0 Å². The molecule has 2 aliphatic heterocycles. The molecule has 0 radical (unpaired) electrons. The van der Waals surface area contributed by atoms with E-state index in [2.05, 4.69) is 38.3 Å². The molecule has 174 valence electrons. The van der Waals surface area contributed by atoms with Crippen LogP contribution in [0.15, 0.2) is 29.3 Å². The predicted molar refractivity (Wildman–Crippen MR) is 134 cm³/mol. The number of nitrogens with one attached hydrogen (secondary N) is 1. The number of methoxy groups -OCH3 is 1. The number of ether oxygens (including phenoxy) is 2. The smallest absolute Gasteiger partial charge is 0.309 e. The van der Waals surface area contributed by atoms with Gasteiger partial charge in [0, 0.05) is 26.7 Å². The van der Waals surface area contributed by atoms with Gasteiger partial charge in [0.15, 0.2) is 5.96 Å². The first kappa shape index (κ1) is 25.7. The maximum atomic E-state index is 12.0. The van der Waals surface area contributed by atoms with E-state index >= 15 is 0 Å². The van der Waals surface area contributed by atoms with E-state index in [0.29, 0.717) is 6.61 Å². The van der Waals surface area contributed by atoms with Gasteiger partial charge in [-0.3, -0.25) is 14.7 Å². The highest BCUT2D eigenvalue weighted by Gasteiger charge is 2.29. The zero-order valence-electron chi connectivity index (χ0n) is 19.0. The molecule has 1 N–H and O–H groups in total. The predicted octanol–water partition coefficient (Wildman–Crippen LogP) is 3.30. The second kappa shape index (κ2) is 13.1. The van der Waals surface area contributed by atoms with Crippen molar-refractivity contribution >= 4 is 35.9 Å². The molecule has 2 heterocycles. The van der Waals surface area contributed by atoms with Gasteiger partial charge in [-0.05, 0) is 63.4 Å². The van der Waals surface area contributed by atoms with Gasteiger partial charge in [-0.2, -0.15) is 0 Å². The molecule has 2 saturated heterocycles. The number of hydrogen-bond acceptors (Lipinski definition) is 5. The minimum atomic E-state index is -0.0628. The van der Waals surface area contributed by atoms with E-state index in [-0.39, 0.29) is 41.9 Å². The van der Waals surface area contributed by atoms with Crippen LogP contribution >= 0.6 is 24.0 Å². The third kappa shape index (κ3) is 6.97. The molecule has 7 nitrogen and oxygen atoms in total. The highest BCUT2D eigenvalue weighted by molar-refractivity contribution is 14.0. The minimum absolute atomic E-state index is 0. The highest BCUT2D eigenvalue weighted by Crippen LogP contribution is 2.27. The van der Waals surface area contributed by atoms with Crippen LogP contribution in [0.25, 0.3) is 0 Å². The molecule has 1 atom stereocenters. The fourth-order valence-electron chi connectivity index (χ4n) is 4.47. The van der Waals surface area contributed by atoms with Crippen molar-refractivity contribution in [1.29, 1.82) is 0 Å². The van der Waals surface area contributed by atoms with Crippen LogP contribution in [0, 0.1) is 5.92 Å². The Labute approximate surface area is 203 Å². The normalized spacial score (nSPS) is 18.9. The van der Waals surface area contributed by atoms with Crippen LogP contribution in [-0.2, 0) is 9.53 Å². The summed E-state index contributed by atoms with van der Waals surface area (Å²) < 4.78 is 10.6. The minimum Gasteiger partial charge on any atom is -0.497 e. The zero-order valence-corrected chi connectivity index (χ0v) is 21.3. The average molecular weight is 544 g/mol. The Hall–Kier alpha value is -1.55. The number of carbonyl (C=O) groups excluding carboxylic acids is 1. The van der Waals surface area contributed by atoms with Crippen LogP contribution < -0.4 is 10.1 Å². The van der Waals surface area contributed by atoms with E-state index in [4.69, 9.17) is 9.47 Å². The molecule has 0 amide bonds. The first-order chi connectivity index (χ1) is 14.7. The quantitative estimate of drug-likeness (QED) is 0.246. The number of likely N-dealkylation sites (tertiary alicyclic amines) is 2. The van der Waals surface area contributed by atoms with Crippen molar-refractivity contribution in [3.63, 3.8) is 0 Å². The Bertz CT molecular complexity index is 717. The number of halogens is 1. The van der Waals surface area contributed by atoms with Gasteiger partial charge in [-0.15, -0.1) is 24.0 Å². The average Bonchev–Trinajstić information content (AvgIpc) is 3.32. The Morgan fingerprint density at radius 2 is 1.94 bits per heavy atom. The lowest BCUT2D eigenvalue weighted by atomic mass is 9.97. The number of hydrogen-bond donors (Lipinski definition) is 1. The molecule has 0 aromatic heterocycles. The molecule has 2 aliphatic rings. The number of nitrogens with zero attached hydrogens (tertiary/aromatic N) is 3. The van der Waals surface area contributed by atoms with Crippen LogP contribution in [0.2, 0.25) is 0 Å². The maximum absolute atomic E-state index is 12.0. The lowest BCUT2D eigenvalue weighted by Crippen LogP contribution is -2.48. The van der Waals surface area contributed by atoms with Crippen LogP contribution in [0.3, 0.4) is 0 Å². The Morgan fingerprint density at radius 1 is 1.23 bits per heavy atom. The molecular formula is C23H37IN4O3. The summed E-state index contributed by atoms with van der Waals surface area (Å²) in [6.07, 6.45) is 4.11. The largest absolute Gasteiger partial charge is 0.497 e. The molecule has 1 aromatic rings. The number of carbonyl (C=O) groups is 1. The first-order valence-corrected chi connectivity index (χ1v) is 11.2. The van der Waals surface area contributed by atoms with Gasteiger partial charge in [-0.25, -0.2) is 0 Å². The molecule has 1 unspecified atom stereocenters. The van der Waals surface area contributed by atoms with Gasteiger partial charge in [0.1, 0.15) is 5.75 Å². The van der Waals surface area contributed by atoms with E-state index in [1.54, 1.807) is 7.11 Å². The second-order valence-corrected chi connectivity index (χ2v) is 7.98. The van der Waals surface area contributed by atoms with E-state index in [1.807, 2.05) is 20.0 Å². The standard InChI is InChI=1S/C23H36N4O3.HI/c1-4-30-22(28)18-10-14-27(15-11-18)23(24-2)25-17-21(26-12-5-6-13-26)19-8-7-9-20(16-19)29-3;/h7-9,16,18,21H,4-6,10-15,17H2,1-3H3,(H,24,25);1H. The Balaban J connectivity index is 0.00000341. The summed E-state index contributed by atoms with van der Waals surface area (Å²) in [7, 11) is 3.54. The number of rotatable bonds is 7. The fraction of sp³-hybridized carbons (Fsp3) is 0.652. The van der Waals surface area contributed by atoms with Gasteiger partial charge in [0.05, 0.1) is 25.7 Å². The summed E-state index contributed by atoms with van der Waals surface area (Å²) in [4.78, 5) is 21.3. The number of benzene rings is 1. The molecule has 8 heteroatoms. The Kier molecular flexibility index (Phi) is 10.9. The van der Waals surface area contributed by atoms with Crippen molar-refractivity contribution in [1.82, 2.24) is 15.1 Å². The second-order valence-electron chi connectivity index (χ2n) is 7.98. The lowest BCUT2D eigenvalue weighted by Gasteiger charge is -2.35. The SMILES string of the molecule is CCOC(=O)C1CCN(C(=NC)NCC(c2cccc(OC)c2)N2CCCC2)CC1.I. The van der Waals surface area contributed by atoms with E-state index in [9.17, 15) is 4.79 Å². The van der Waals surface area contributed by atoms with Crippen molar-refractivity contribution in [2.24, 2.45) is 10.9 Å². The third-order valence-electron chi connectivity index (χ3n) is 6.14. The number of guanidine groups is 1. The van der Waals surface area contributed by atoms with Crippen LogP contribution in [0.5, 0.6) is 5.75 Å². The molecule has 31 heavy (non-hydrogen) atoms. The number of piperidine rings is 1. The van der Waals surface area contributed by atoms with Crippen molar-refractivity contribution in [2.45, 2.75) is 38.6 Å². The monoisotopic (exact) mass is 544 g/mol. The summed E-state index contributed by atoms with van der Waals surface area (Å²) in [5.41, 5.74) is 1.26. The number of aliphatic imine (C=N–C) groups is 1. The summed E-state index contributed by atoms with van der Waals surface area (Å²) >= 11 is 0. The van der Waals surface area contributed by atoms with E-state index in [0.717, 1.165) is 57.3 Å². The highest BCUT2D eigenvalue weighted by atomic mass is 127. The van der Waals surface area contributed by atoms with Gasteiger partial charge in [-0.1, -0.05) is 12.1 Å². The van der Waals surface area contributed by atoms with E-state index < -0.39 is 0 Å². The molecule has 2 fully saturated rings. The third-order valence-corrected chi connectivity index (χ3v) is 6.14. The summed E-state index contributed by atoms with van der Waals surface area (Å²) in [6, 6.07) is 8.65. The first-order valence-electron chi connectivity index (χ1n) is 11.2.